The highest BCUT2D eigenvalue weighted by molar-refractivity contribution is 6.05. The SMILES string of the molecule is Cc1ccc(C(=O)Nc2cncc(C(=O)O)c2)cc1N. The Balaban J connectivity index is 2.21. The Morgan fingerprint density at radius 1 is 1.20 bits per heavy atom. The van der Waals surface area contributed by atoms with E-state index in [2.05, 4.69) is 10.3 Å². The van der Waals surface area contributed by atoms with E-state index in [-0.39, 0.29) is 11.5 Å². The number of pyridine rings is 1. The molecule has 0 radical (unpaired) electrons. The summed E-state index contributed by atoms with van der Waals surface area (Å²) in [6, 6.07) is 6.30. The maximum atomic E-state index is 12.0. The van der Waals surface area contributed by atoms with Crippen molar-refractivity contribution in [3.05, 3.63) is 53.3 Å². The summed E-state index contributed by atoms with van der Waals surface area (Å²) >= 11 is 0. The molecule has 0 aliphatic carbocycles. The summed E-state index contributed by atoms with van der Waals surface area (Å²) in [5.41, 5.74) is 7.87. The third kappa shape index (κ3) is 2.92. The number of amides is 1. The first kappa shape index (κ1) is 13.5. The van der Waals surface area contributed by atoms with Crippen LogP contribution in [0.1, 0.15) is 26.3 Å². The summed E-state index contributed by atoms with van der Waals surface area (Å²) < 4.78 is 0. The van der Waals surface area contributed by atoms with Crippen molar-refractivity contribution in [2.45, 2.75) is 6.92 Å². The molecular weight excluding hydrogens is 258 g/mol. The zero-order valence-corrected chi connectivity index (χ0v) is 10.8. The Morgan fingerprint density at radius 2 is 1.95 bits per heavy atom. The molecule has 102 valence electrons. The molecule has 6 nitrogen and oxygen atoms in total. The summed E-state index contributed by atoms with van der Waals surface area (Å²) in [4.78, 5) is 26.6. The van der Waals surface area contributed by atoms with Gasteiger partial charge in [-0.15, -0.1) is 0 Å². The first-order chi connectivity index (χ1) is 9.47. The minimum absolute atomic E-state index is 0.00576. The maximum absolute atomic E-state index is 12.0. The number of nitrogens with one attached hydrogen (secondary N) is 1. The van der Waals surface area contributed by atoms with Gasteiger partial charge in [-0.05, 0) is 30.7 Å². The van der Waals surface area contributed by atoms with Crippen LogP contribution in [0.2, 0.25) is 0 Å². The van der Waals surface area contributed by atoms with E-state index in [1.165, 1.54) is 18.5 Å². The van der Waals surface area contributed by atoms with Crippen molar-refractivity contribution in [2.24, 2.45) is 0 Å². The van der Waals surface area contributed by atoms with Crippen LogP contribution >= 0.6 is 0 Å². The number of hydrogen-bond acceptors (Lipinski definition) is 4. The fourth-order valence-corrected chi connectivity index (χ4v) is 1.61. The molecular formula is C14H13N3O3. The van der Waals surface area contributed by atoms with E-state index in [1.54, 1.807) is 18.2 Å². The Labute approximate surface area is 115 Å². The number of carboxylic acid groups (broad SMARTS) is 1. The van der Waals surface area contributed by atoms with E-state index >= 15 is 0 Å². The highest BCUT2D eigenvalue weighted by atomic mass is 16.4. The summed E-state index contributed by atoms with van der Waals surface area (Å²) in [5, 5.41) is 11.4. The molecule has 0 saturated carbocycles. The van der Waals surface area contributed by atoms with Gasteiger partial charge < -0.3 is 16.2 Å². The second-order valence-electron chi connectivity index (χ2n) is 4.29. The van der Waals surface area contributed by atoms with Crippen molar-refractivity contribution in [2.75, 3.05) is 11.1 Å². The molecule has 0 bridgehead atoms. The van der Waals surface area contributed by atoms with Crippen LogP contribution in [-0.2, 0) is 0 Å². The summed E-state index contributed by atoms with van der Waals surface area (Å²) in [6.45, 7) is 1.84. The van der Waals surface area contributed by atoms with Crippen molar-refractivity contribution >= 4 is 23.3 Å². The number of anilines is 2. The molecule has 0 atom stereocenters. The van der Waals surface area contributed by atoms with Crippen LogP contribution in [0.3, 0.4) is 0 Å². The fourth-order valence-electron chi connectivity index (χ4n) is 1.61. The Bertz CT molecular complexity index is 683. The highest BCUT2D eigenvalue weighted by Crippen LogP contribution is 2.15. The van der Waals surface area contributed by atoms with Gasteiger partial charge >= 0.3 is 5.97 Å². The normalized spacial score (nSPS) is 10.1. The van der Waals surface area contributed by atoms with E-state index < -0.39 is 5.97 Å². The van der Waals surface area contributed by atoms with Gasteiger partial charge in [-0.1, -0.05) is 6.07 Å². The number of benzene rings is 1. The standard InChI is InChI=1S/C14H13N3O3/c1-8-2-3-9(5-12(8)15)13(18)17-11-4-10(14(19)20)6-16-7-11/h2-7H,15H2,1H3,(H,17,18)(H,19,20). The van der Waals surface area contributed by atoms with Crippen LogP contribution in [-0.4, -0.2) is 22.0 Å². The van der Waals surface area contributed by atoms with Crippen LogP contribution in [0.15, 0.2) is 36.7 Å². The van der Waals surface area contributed by atoms with E-state index in [1.807, 2.05) is 6.92 Å². The van der Waals surface area contributed by atoms with Crippen LogP contribution < -0.4 is 11.1 Å². The van der Waals surface area contributed by atoms with Gasteiger partial charge in [-0.25, -0.2) is 4.79 Å². The van der Waals surface area contributed by atoms with Gasteiger partial charge in [-0.2, -0.15) is 0 Å². The molecule has 4 N–H and O–H groups in total. The molecule has 20 heavy (non-hydrogen) atoms. The average molecular weight is 271 g/mol. The van der Waals surface area contributed by atoms with E-state index in [0.717, 1.165) is 5.56 Å². The second-order valence-corrected chi connectivity index (χ2v) is 4.29. The molecule has 0 fully saturated rings. The van der Waals surface area contributed by atoms with Crippen LogP contribution in [0, 0.1) is 6.92 Å². The molecule has 1 aromatic heterocycles. The molecule has 1 aromatic carbocycles. The number of nitrogens with zero attached hydrogens (tertiary/aromatic N) is 1. The van der Waals surface area contributed by atoms with Gasteiger partial charge in [0.15, 0.2) is 0 Å². The molecule has 6 heteroatoms. The Kier molecular flexibility index (Phi) is 3.65. The van der Waals surface area contributed by atoms with E-state index in [9.17, 15) is 9.59 Å². The van der Waals surface area contributed by atoms with Gasteiger partial charge in [0.25, 0.3) is 5.91 Å². The van der Waals surface area contributed by atoms with E-state index in [4.69, 9.17) is 10.8 Å². The number of nitrogen functional groups attached to an aromatic ring is 1. The molecule has 0 aliphatic rings. The molecule has 0 aliphatic heterocycles. The van der Waals surface area contributed by atoms with Crippen molar-refractivity contribution in [1.29, 1.82) is 0 Å². The zero-order valence-electron chi connectivity index (χ0n) is 10.8. The van der Waals surface area contributed by atoms with Gasteiger partial charge in [0.2, 0.25) is 0 Å². The van der Waals surface area contributed by atoms with Gasteiger partial charge in [0.05, 0.1) is 17.4 Å². The summed E-state index contributed by atoms with van der Waals surface area (Å²) in [7, 11) is 0. The number of aromatic carboxylic acids is 1. The lowest BCUT2D eigenvalue weighted by Crippen LogP contribution is -2.13. The predicted molar refractivity (Wildman–Crippen MR) is 74.7 cm³/mol. The van der Waals surface area contributed by atoms with Crippen LogP contribution in [0.25, 0.3) is 0 Å². The largest absolute Gasteiger partial charge is 0.478 e. The lowest BCUT2D eigenvalue weighted by atomic mass is 10.1. The minimum Gasteiger partial charge on any atom is -0.478 e. The topological polar surface area (TPSA) is 105 Å². The Morgan fingerprint density at radius 3 is 2.60 bits per heavy atom. The number of carbonyl (C=O) groups excluding carboxylic acids is 1. The average Bonchev–Trinajstić information content (AvgIpc) is 2.42. The summed E-state index contributed by atoms with van der Waals surface area (Å²) in [5.74, 6) is -1.48. The van der Waals surface area contributed by atoms with Gasteiger partial charge in [0.1, 0.15) is 0 Å². The third-order valence-corrected chi connectivity index (χ3v) is 2.78. The van der Waals surface area contributed by atoms with Crippen molar-refractivity contribution in [1.82, 2.24) is 4.98 Å². The lowest BCUT2D eigenvalue weighted by molar-refractivity contribution is 0.0696. The number of aryl methyl sites for hydroxylation is 1. The number of carboxylic acids is 1. The monoisotopic (exact) mass is 271 g/mol. The third-order valence-electron chi connectivity index (χ3n) is 2.78. The molecule has 2 rings (SSSR count). The smallest absolute Gasteiger partial charge is 0.337 e. The Hall–Kier alpha value is -2.89. The van der Waals surface area contributed by atoms with Crippen molar-refractivity contribution in [3.63, 3.8) is 0 Å². The van der Waals surface area contributed by atoms with Crippen molar-refractivity contribution in [3.8, 4) is 0 Å². The minimum atomic E-state index is -1.10. The molecule has 2 aromatic rings. The molecule has 0 saturated heterocycles. The first-order valence-corrected chi connectivity index (χ1v) is 5.83. The number of carbonyl (C=O) groups is 2. The number of hydrogen-bond donors (Lipinski definition) is 3. The van der Waals surface area contributed by atoms with E-state index in [0.29, 0.717) is 16.9 Å². The predicted octanol–water partition coefficient (Wildman–Crippen LogP) is 1.92. The molecule has 0 unspecified atom stereocenters. The zero-order chi connectivity index (χ0) is 14.7. The molecule has 1 amide bonds. The number of rotatable bonds is 3. The van der Waals surface area contributed by atoms with Gasteiger partial charge in [0, 0.05) is 17.4 Å². The maximum Gasteiger partial charge on any atom is 0.337 e. The number of nitrogens with two attached hydrogens (primary N) is 1. The lowest BCUT2D eigenvalue weighted by Gasteiger charge is -2.07. The molecule has 1 heterocycles. The van der Waals surface area contributed by atoms with Crippen molar-refractivity contribution < 1.29 is 14.7 Å². The van der Waals surface area contributed by atoms with Gasteiger partial charge in [-0.3, -0.25) is 9.78 Å². The fraction of sp³-hybridized carbons (Fsp3) is 0.0714. The quantitative estimate of drug-likeness (QED) is 0.739. The molecule has 0 spiro atoms. The second kappa shape index (κ2) is 5.40. The van der Waals surface area contributed by atoms with Crippen LogP contribution in [0.5, 0.6) is 0 Å². The number of aromatic nitrogens is 1. The first-order valence-electron chi connectivity index (χ1n) is 5.83. The van der Waals surface area contributed by atoms with Crippen LogP contribution in [0.4, 0.5) is 11.4 Å². The highest BCUT2D eigenvalue weighted by Gasteiger charge is 2.09. The summed E-state index contributed by atoms with van der Waals surface area (Å²) in [6.07, 6.45) is 2.59.